The number of rotatable bonds is 5. The number of aromatic amines is 1. The average molecular weight is 564 g/mol. The lowest BCUT2D eigenvalue weighted by Crippen LogP contribution is -2.46. The number of nitrogens with zero attached hydrogens (tertiary/aromatic N) is 7. The summed E-state index contributed by atoms with van der Waals surface area (Å²) in [5.41, 5.74) is 8.48. The monoisotopic (exact) mass is 563 g/mol. The maximum atomic E-state index is 13.1. The highest BCUT2D eigenvalue weighted by Gasteiger charge is 2.46. The molecule has 4 aromatic rings. The molecule has 1 aliphatic carbocycles. The molecule has 3 aliphatic rings. The lowest BCUT2D eigenvalue weighted by atomic mass is 9.77. The summed E-state index contributed by atoms with van der Waals surface area (Å²) in [6.45, 7) is 0. The number of anilines is 1. The molecular weight excluding hydrogens is 534 g/mol. The highest BCUT2D eigenvalue weighted by Crippen LogP contribution is 2.46. The van der Waals surface area contributed by atoms with Crippen LogP contribution in [0.2, 0.25) is 0 Å². The van der Waals surface area contributed by atoms with Crippen LogP contribution in [0.1, 0.15) is 72.9 Å². The summed E-state index contributed by atoms with van der Waals surface area (Å²) in [5, 5.41) is 21.5. The van der Waals surface area contributed by atoms with Crippen LogP contribution in [-0.4, -0.2) is 77.4 Å². The topological polar surface area (TPSA) is 185 Å². The van der Waals surface area contributed by atoms with Crippen molar-refractivity contribution in [3.63, 3.8) is 0 Å². The Kier molecular flexibility index (Phi) is 5.52. The molecule has 208 valence electrons. The van der Waals surface area contributed by atoms with Gasteiger partial charge in [0.2, 0.25) is 5.82 Å². The van der Waals surface area contributed by atoms with Gasteiger partial charge in [-0.1, -0.05) is 6.07 Å². The Bertz CT molecular complexity index is 1720. The lowest BCUT2D eigenvalue weighted by molar-refractivity contribution is -0.0426. The zero-order valence-corrected chi connectivity index (χ0v) is 22.7. The molecule has 2 bridgehead atoms. The largest absolute Gasteiger partial charge is 0.384 e. The molecule has 3 fully saturated rings. The summed E-state index contributed by atoms with van der Waals surface area (Å²) >= 11 is 0. The molecule has 13 nitrogen and oxygen atoms in total. The standard InChI is InChI=1S/C26H29N9O4S/c1-40(38,39)21-20(15-9-16-4-5-17(10-15)34(16)25(36)23-29-13-30-33-23)32-24-18(12-31-35(24)22(21)27)14-3-6-19(28-11-14)26(37)7-2-8-26/h3,6,11-13,15-17,37H,2,4-5,7-10,27H2,1H3,(H,29,30,33)/t15?,16-,17+. The van der Waals surface area contributed by atoms with Gasteiger partial charge >= 0.3 is 0 Å². The van der Waals surface area contributed by atoms with Crippen LogP contribution in [0.3, 0.4) is 0 Å². The number of aromatic nitrogens is 7. The van der Waals surface area contributed by atoms with Gasteiger partial charge in [0, 0.05) is 41.6 Å². The predicted octanol–water partition coefficient (Wildman–Crippen LogP) is 1.82. The van der Waals surface area contributed by atoms with E-state index in [0.29, 0.717) is 48.3 Å². The Morgan fingerprint density at radius 1 is 1.15 bits per heavy atom. The second-order valence-electron chi connectivity index (χ2n) is 11.2. The number of fused-ring (bicyclic) bond motifs is 3. The van der Waals surface area contributed by atoms with E-state index in [0.717, 1.165) is 31.1 Å². The number of aliphatic hydroxyl groups is 1. The number of hydrogen-bond acceptors (Lipinski definition) is 10. The molecule has 0 aromatic carbocycles. The molecule has 1 unspecified atom stereocenters. The predicted molar refractivity (Wildman–Crippen MR) is 143 cm³/mol. The zero-order valence-electron chi connectivity index (χ0n) is 21.9. The fourth-order valence-corrected chi connectivity index (χ4v) is 7.70. The molecule has 1 amide bonds. The van der Waals surface area contributed by atoms with Crippen molar-refractivity contribution in [2.45, 2.75) is 73.4 Å². The van der Waals surface area contributed by atoms with E-state index in [1.54, 1.807) is 12.4 Å². The van der Waals surface area contributed by atoms with Gasteiger partial charge in [0.25, 0.3) is 5.91 Å². The number of nitrogens with two attached hydrogens (primary N) is 1. The van der Waals surface area contributed by atoms with Crippen LogP contribution < -0.4 is 5.73 Å². The average Bonchev–Trinajstić information content (AvgIpc) is 3.65. The van der Waals surface area contributed by atoms with Gasteiger partial charge in [-0.2, -0.15) is 14.7 Å². The number of nitrogen functional groups attached to an aromatic ring is 1. The van der Waals surface area contributed by atoms with Crippen LogP contribution in [0, 0.1) is 0 Å². The second-order valence-corrected chi connectivity index (χ2v) is 13.1. The molecule has 40 heavy (non-hydrogen) atoms. The van der Waals surface area contributed by atoms with Crippen molar-refractivity contribution >= 4 is 27.2 Å². The summed E-state index contributed by atoms with van der Waals surface area (Å²) < 4.78 is 27.4. The molecule has 2 saturated heterocycles. The minimum absolute atomic E-state index is 0.00891. The third-order valence-corrected chi connectivity index (χ3v) is 9.90. The highest BCUT2D eigenvalue weighted by molar-refractivity contribution is 7.91. The van der Waals surface area contributed by atoms with Gasteiger partial charge < -0.3 is 15.7 Å². The normalized spacial score (nSPS) is 23.9. The van der Waals surface area contributed by atoms with E-state index in [1.807, 2.05) is 17.0 Å². The van der Waals surface area contributed by atoms with E-state index in [9.17, 15) is 18.3 Å². The quantitative estimate of drug-likeness (QED) is 0.323. The Morgan fingerprint density at radius 2 is 1.90 bits per heavy atom. The van der Waals surface area contributed by atoms with Gasteiger partial charge in [-0.3, -0.25) is 14.9 Å². The third kappa shape index (κ3) is 3.80. The van der Waals surface area contributed by atoms with Gasteiger partial charge in [-0.15, -0.1) is 0 Å². The van der Waals surface area contributed by atoms with Gasteiger partial charge in [-0.05, 0) is 51.0 Å². The van der Waals surface area contributed by atoms with Crippen LogP contribution in [-0.2, 0) is 15.4 Å². The SMILES string of the molecule is CS(=O)(=O)c1c(C2C[C@H]3CC[C@@H](C2)N3C(=O)c2ncn[nH]2)nc2c(-c3ccc(C4(O)CCC4)nc3)cnn2c1N. The molecule has 0 radical (unpaired) electrons. The van der Waals surface area contributed by atoms with Crippen molar-refractivity contribution in [2.75, 3.05) is 12.0 Å². The number of sulfone groups is 1. The maximum absolute atomic E-state index is 13.1. The number of hydrogen-bond donors (Lipinski definition) is 3. The summed E-state index contributed by atoms with van der Waals surface area (Å²) in [7, 11) is -3.75. The van der Waals surface area contributed by atoms with E-state index >= 15 is 0 Å². The third-order valence-electron chi connectivity index (χ3n) is 8.74. The molecule has 3 atom stereocenters. The second kappa shape index (κ2) is 8.80. The van der Waals surface area contributed by atoms with Crippen molar-refractivity contribution in [3.05, 3.63) is 48.1 Å². The molecule has 1 saturated carbocycles. The van der Waals surface area contributed by atoms with Crippen LogP contribution in [0.4, 0.5) is 5.82 Å². The summed E-state index contributed by atoms with van der Waals surface area (Å²) in [6.07, 6.45) is 10.8. The number of carbonyl (C=O) groups is 1. The van der Waals surface area contributed by atoms with E-state index in [-0.39, 0.29) is 40.4 Å². The van der Waals surface area contributed by atoms with E-state index < -0.39 is 15.4 Å². The van der Waals surface area contributed by atoms with Crippen molar-refractivity contribution < 1.29 is 18.3 Å². The first-order chi connectivity index (χ1) is 19.1. The molecule has 2 aliphatic heterocycles. The number of H-pyrrole nitrogens is 1. The molecule has 0 spiro atoms. The van der Waals surface area contributed by atoms with Crippen LogP contribution in [0.15, 0.2) is 35.7 Å². The first-order valence-corrected chi connectivity index (χ1v) is 15.3. The molecule has 7 rings (SSSR count). The summed E-state index contributed by atoms with van der Waals surface area (Å²) in [4.78, 5) is 28.4. The Hall–Kier alpha value is -3.91. The number of carbonyl (C=O) groups excluding carboxylic acids is 1. The minimum atomic E-state index is -3.75. The number of piperidine rings is 1. The molecule has 14 heteroatoms. The zero-order chi connectivity index (χ0) is 27.8. The van der Waals surface area contributed by atoms with Gasteiger partial charge in [0.1, 0.15) is 22.6 Å². The molecule has 4 N–H and O–H groups in total. The fourth-order valence-electron chi connectivity index (χ4n) is 6.64. The van der Waals surface area contributed by atoms with E-state index in [4.69, 9.17) is 10.7 Å². The van der Waals surface area contributed by atoms with Crippen LogP contribution >= 0.6 is 0 Å². The smallest absolute Gasteiger partial charge is 0.291 e. The van der Waals surface area contributed by atoms with Gasteiger partial charge in [0.05, 0.1) is 17.6 Å². The van der Waals surface area contributed by atoms with Crippen molar-refractivity contribution in [2.24, 2.45) is 0 Å². The van der Waals surface area contributed by atoms with Crippen LogP contribution in [0.5, 0.6) is 0 Å². The molecular formula is C26H29N9O4S. The first-order valence-electron chi connectivity index (χ1n) is 13.4. The van der Waals surface area contributed by atoms with Crippen molar-refractivity contribution in [3.8, 4) is 11.1 Å². The lowest BCUT2D eigenvalue weighted by Gasteiger charge is -2.38. The Balaban J connectivity index is 1.28. The van der Waals surface area contributed by atoms with Crippen molar-refractivity contribution in [1.82, 2.24) is 39.7 Å². The Morgan fingerprint density at radius 3 is 2.48 bits per heavy atom. The van der Waals surface area contributed by atoms with Gasteiger partial charge in [-0.25, -0.2) is 18.4 Å². The van der Waals surface area contributed by atoms with E-state index in [2.05, 4.69) is 25.3 Å². The van der Waals surface area contributed by atoms with Gasteiger partial charge in [0.15, 0.2) is 15.5 Å². The number of nitrogens with one attached hydrogen (secondary N) is 1. The molecule has 6 heterocycles. The summed E-state index contributed by atoms with van der Waals surface area (Å²) in [6, 6.07) is 3.52. The minimum Gasteiger partial charge on any atom is -0.384 e. The maximum Gasteiger partial charge on any atom is 0.291 e. The van der Waals surface area contributed by atoms with Crippen LogP contribution in [0.25, 0.3) is 16.8 Å². The molecule has 4 aromatic heterocycles. The Labute approximate surface area is 229 Å². The van der Waals surface area contributed by atoms with E-state index in [1.165, 1.54) is 10.8 Å². The fraction of sp³-hybridized carbons (Fsp3) is 0.462. The number of amides is 1. The van der Waals surface area contributed by atoms with Crippen molar-refractivity contribution in [1.29, 1.82) is 0 Å². The highest BCUT2D eigenvalue weighted by atomic mass is 32.2. The summed E-state index contributed by atoms with van der Waals surface area (Å²) in [5.74, 6) is -0.210. The number of pyridine rings is 1. The first kappa shape index (κ1) is 25.1.